The molecule has 0 fully saturated rings. The summed E-state index contributed by atoms with van der Waals surface area (Å²) < 4.78 is 28.2. The van der Waals surface area contributed by atoms with Crippen LogP contribution in [0.15, 0.2) is 12.1 Å². The van der Waals surface area contributed by atoms with Crippen LogP contribution in [-0.2, 0) is 13.0 Å². The lowest BCUT2D eigenvalue weighted by Gasteiger charge is -2.07. The number of thiocarbonyl (C=S) groups is 1. The molecule has 0 atom stereocenters. The standard InChI is InChI=1S/C12H13F2N3S/c1-2-3-12-16-9-4-7(13)8(14)5-10(9)17(12)6-11(15)18/h4-5H,2-3,6H2,1H3,(H2,15,18). The molecule has 0 amide bonds. The van der Waals surface area contributed by atoms with Crippen LogP contribution in [0.4, 0.5) is 8.78 Å². The van der Waals surface area contributed by atoms with Crippen LogP contribution in [0, 0.1) is 11.6 Å². The van der Waals surface area contributed by atoms with Crippen LogP contribution >= 0.6 is 12.2 Å². The van der Waals surface area contributed by atoms with Gasteiger partial charge in [0.05, 0.1) is 22.6 Å². The van der Waals surface area contributed by atoms with E-state index in [4.69, 9.17) is 18.0 Å². The van der Waals surface area contributed by atoms with E-state index in [1.54, 1.807) is 4.57 Å². The molecule has 0 bridgehead atoms. The number of rotatable bonds is 4. The lowest BCUT2D eigenvalue weighted by atomic mass is 10.3. The second-order valence-electron chi connectivity index (χ2n) is 4.09. The first kappa shape index (κ1) is 12.9. The maximum absolute atomic E-state index is 13.3. The van der Waals surface area contributed by atoms with Crippen molar-refractivity contribution < 1.29 is 8.78 Å². The van der Waals surface area contributed by atoms with Gasteiger partial charge in [0.2, 0.25) is 0 Å². The van der Waals surface area contributed by atoms with E-state index < -0.39 is 11.6 Å². The number of imidazole rings is 1. The molecule has 0 saturated heterocycles. The van der Waals surface area contributed by atoms with Gasteiger partial charge in [-0.3, -0.25) is 0 Å². The first-order valence-corrected chi connectivity index (χ1v) is 6.06. The first-order chi connectivity index (χ1) is 8.52. The van der Waals surface area contributed by atoms with Crippen LogP contribution in [0.5, 0.6) is 0 Å². The van der Waals surface area contributed by atoms with E-state index in [-0.39, 0.29) is 11.5 Å². The zero-order valence-corrected chi connectivity index (χ0v) is 10.7. The second-order valence-corrected chi connectivity index (χ2v) is 4.61. The lowest BCUT2D eigenvalue weighted by Crippen LogP contribution is -2.18. The summed E-state index contributed by atoms with van der Waals surface area (Å²) in [6, 6.07) is 2.23. The van der Waals surface area contributed by atoms with Gasteiger partial charge in [0.15, 0.2) is 11.6 Å². The van der Waals surface area contributed by atoms with Gasteiger partial charge in [-0.2, -0.15) is 0 Å². The fourth-order valence-electron chi connectivity index (χ4n) is 1.92. The highest BCUT2D eigenvalue weighted by atomic mass is 32.1. The molecule has 0 unspecified atom stereocenters. The summed E-state index contributed by atoms with van der Waals surface area (Å²) >= 11 is 4.87. The molecule has 2 N–H and O–H groups in total. The van der Waals surface area contributed by atoms with E-state index in [2.05, 4.69) is 4.98 Å². The van der Waals surface area contributed by atoms with E-state index in [1.807, 2.05) is 6.92 Å². The third-order valence-electron chi connectivity index (χ3n) is 2.66. The van der Waals surface area contributed by atoms with Gasteiger partial charge >= 0.3 is 0 Å². The van der Waals surface area contributed by atoms with Crippen molar-refractivity contribution in [1.82, 2.24) is 9.55 Å². The number of aryl methyl sites for hydroxylation is 1. The molecule has 1 heterocycles. The van der Waals surface area contributed by atoms with Gasteiger partial charge in [-0.15, -0.1) is 0 Å². The molecule has 0 aliphatic carbocycles. The van der Waals surface area contributed by atoms with Gasteiger partial charge in [-0.05, 0) is 6.42 Å². The molecule has 0 aliphatic heterocycles. The second kappa shape index (κ2) is 4.97. The number of benzene rings is 1. The molecule has 18 heavy (non-hydrogen) atoms. The molecule has 0 saturated carbocycles. The molecule has 0 aliphatic rings. The van der Waals surface area contributed by atoms with Crippen molar-refractivity contribution in [3.63, 3.8) is 0 Å². The third kappa shape index (κ3) is 2.33. The van der Waals surface area contributed by atoms with E-state index in [9.17, 15) is 8.78 Å². The minimum absolute atomic E-state index is 0.284. The summed E-state index contributed by atoms with van der Waals surface area (Å²) in [5.41, 5.74) is 6.47. The van der Waals surface area contributed by atoms with Gasteiger partial charge in [0, 0.05) is 18.6 Å². The predicted octanol–water partition coefficient (Wildman–Crippen LogP) is 2.55. The van der Waals surface area contributed by atoms with Crippen molar-refractivity contribution in [1.29, 1.82) is 0 Å². The molecule has 96 valence electrons. The van der Waals surface area contributed by atoms with Crippen molar-refractivity contribution in [2.45, 2.75) is 26.3 Å². The Morgan fingerprint density at radius 3 is 2.67 bits per heavy atom. The molecule has 6 heteroatoms. The Labute approximate surface area is 109 Å². The van der Waals surface area contributed by atoms with Gasteiger partial charge < -0.3 is 10.3 Å². The van der Waals surface area contributed by atoms with Gasteiger partial charge in [-0.1, -0.05) is 19.1 Å². The highest BCUT2D eigenvalue weighted by Gasteiger charge is 2.14. The molecular weight excluding hydrogens is 256 g/mol. The van der Waals surface area contributed by atoms with Crippen LogP contribution in [-0.4, -0.2) is 14.5 Å². The Morgan fingerprint density at radius 1 is 1.39 bits per heavy atom. The van der Waals surface area contributed by atoms with E-state index in [0.717, 1.165) is 24.4 Å². The summed E-state index contributed by atoms with van der Waals surface area (Å²) in [4.78, 5) is 4.59. The van der Waals surface area contributed by atoms with Crippen molar-refractivity contribution in [2.24, 2.45) is 5.73 Å². The SMILES string of the molecule is CCCc1nc2cc(F)c(F)cc2n1CC(N)=S. The Hall–Kier alpha value is -1.56. The largest absolute Gasteiger partial charge is 0.392 e. The normalized spacial score (nSPS) is 11.1. The van der Waals surface area contributed by atoms with E-state index in [1.165, 1.54) is 0 Å². The minimum Gasteiger partial charge on any atom is -0.392 e. The highest BCUT2D eigenvalue weighted by molar-refractivity contribution is 7.80. The topological polar surface area (TPSA) is 43.8 Å². The molecule has 0 spiro atoms. The van der Waals surface area contributed by atoms with Gasteiger partial charge in [-0.25, -0.2) is 13.8 Å². The molecule has 2 rings (SSSR count). The summed E-state index contributed by atoms with van der Waals surface area (Å²) in [7, 11) is 0. The molecule has 0 radical (unpaired) electrons. The molecule has 2 aromatic rings. The molecule has 3 nitrogen and oxygen atoms in total. The van der Waals surface area contributed by atoms with Gasteiger partial charge in [0.1, 0.15) is 5.82 Å². The number of hydrogen-bond acceptors (Lipinski definition) is 2. The number of hydrogen-bond donors (Lipinski definition) is 1. The highest BCUT2D eigenvalue weighted by Crippen LogP contribution is 2.20. The number of nitrogens with zero attached hydrogens (tertiary/aromatic N) is 2. The van der Waals surface area contributed by atoms with Crippen molar-refractivity contribution in [2.75, 3.05) is 0 Å². The van der Waals surface area contributed by atoms with Gasteiger partial charge in [0.25, 0.3) is 0 Å². The van der Waals surface area contributed by atoms with E-state index in [0.29, 0.717) is 17.5 Å². The number of fused-ring (bicyclic) bond motifs is 1. The fraction of sp³-hybridized carbons (Fsp3) is 0.333. The number of nitrogens with two attached hydrogens (primary N) is 1. The summed E-state index contributed by atoms with van der Waals surface area (Å²) in [5, 5.41) is 0. The molecule has 1 aromatic heterocycles. The van der Waals surface area contributed by atoms with Crippen LogP contribution in [0.25, 0.3) is 11.0 Å². The van der Waals surface area contributed by atoms with Crippen molar-refractivity contribution in [3.8, 4) is 0 Å². The monoisotopic (exact) mass is 269 g/mol. The maximum Gasteiger partial charge on any atom is 0.161 e. The van der Waals surface area contributed by atoms with Crippen LogP contribution in [0.2, 0.25) is 0 Å². The summed E-state index contributed by atoms with van der Waals surface area (Å²) in [5.74, 6) is -1.05. The lowest BCUT2D eigenvalue weighted by molar-refractivity contribution is 0.510. The smallest absolute Gasteiger partial charge is 0.161 e. The predicted molar refractivity (Wildman–Crippen MR) is 70.4 cm³/mol. The average molecular weight is 269 g/mol. The zero-order chi connectivity index (χ0) is 13.3. The molecule has 1 aromatic carbocycles. The Morgan fingerprint density at radius 2 is 2.06 bits per heavy atom. The zero-order valence-electron chi connectivity index (χ0n) is 9.91. The van der Waals surface area contributed by atoms with Crippen LogP contribution < -0.4 is 5.73 Å². The Kier molecular flexibility index (Phi) is 3.56. The van der Waals surface area contributed by atoms with Crippen LogP contribution in [0.1, 0.15) is 19.2 Å². The number of aromatic nitrogens is 2. The maximum atomic E-state index is 13.3. The quantitative estimate of drug-likeness (QED) is 0.867. The summed E-state index contributed by atoms with van der Waals surface area (Å²) in [6.07, 6.45) is 1.59. The number of halogens is 2. The van der Waals surface area contributed by atoms with E-state index >= 15 is 0 Å². The third-order valence-corrected chi connectivity index (χ3v) is 2.79. The minimum atomic E-state index is -0.898. The average Bonchev–Trinajstić information content (AvgIpc) is 2.58. The fourth-order valence-corrected chi connectivity index (χ4v) is 2.05. The molecular formula is C12H13F2N3S. The van der Waals surface area contributed by atoms with Crippen molar-refractivity contribution in [3.05, 3.63) is 29.6 Å². The summed E-state index contributed by atoms with van der Waals surface area (Å²) in [6.45, 7) is 2.29. The first-order valence-electron chi connectivity index (χ1n) is 5.65. The Bertz CT molecular complexity index is 607. The van der Waals surface area contributed by atoms with Crippen LogP contribution in [0.3, 0.4) is 0 Å². The van der Waals surface area contributed by atoms with Crippen molar-refractivity contribution >= 4 is 28.2 Å². The Balaban J connectivity index is 2.64.